The van der Waals surface area contributed by atoms with Crippen LogP contribution in [0.15, 0.2) is 127 Å². The lowest BCUT2D eigenvalue weighted by Gasteiger charge is -2.34. The van der Waals surface area contributed by atoms with Crippen LogP contribution < -0.4 is 20.7 Å². The zero-order valence-electron chi connectivity index (χ0n) is 18.6. The van der Waals surface area contributed by atoms with Crippen molar-refractivity contribution < 1.29 is 0 Å². The Labute approximate surface area is 195 Å². The summed E-state index contributed by atoms with van der Waals surface area (Å²) in [6.07, 6.45) is 0. The number of rotatable bonds is 4. The van der Waals surface area contributed by atoms with E-state index in [2.05, 4.69) is 139 Å². The zero-order chi connectivity index (χ0) is 22.3. The molecule has 0 unspecified atom stereocenters. The van der Waals surface area contributed by atoms with Gasteiger partial charge in [0.25, 0.3) is 0 Å². The second-order valence-corrected chi connectivity index (χ2v) is 12.6. The summed E-state index contributed by atoms with van der Waals surface area (Å²) in [4.78, 5) is 3.62. The number of hydrogen-bond donors (Lipinski definition) is 1. The lowest BCUT2D eigenvalue weighted by molar-refractivity contribution is 1.49. The first kappa shape index (κ1) is 19.8. The maximum Gasteiger partial charge on any atom is 0.179 e. The first-order chi connectivity index (χ1) is 16.3. The van der Waals surface area contributed by atoms with Gasteiger partial charge in [0.1, 0.15) is 0 Å². The van der Waals surface area contributed by atoms with Crippen molar-refractivity contribution in [3.63, 3.8) is 0 Å². The van der Waals surface area contributed by atoms with E-state index in [9.17, 15) is 0 Å². The van der Waals surface area contributed by atoms with E-state index in [0.717, 1.165) is 0 Å². The van der Waals surface area contributed by atoms with Crippen LogP contribution in [0.2, 0.25) is 0 Å². The molecule has 0 aliphatic carbocycles. The first-order valence-electron chi connectivity index (χ1n) is 11.5. The van der Waals surface area contributed by atoms with Crippen LogP contribution in [0.4, 0.5) is 0 Å². The van der Waals surface area contributed by atoms with Crippen molar-refractivity contribution >= 4 is 50.6 Å². The number of fused-ring (bicyclic) bond motifs is 3. The van der Waals surface area contributed by atoms with Crippen LogP contribution in [0.25, 0.3) is 21.8 Å². The highest BCUT2D eigenvalue weighted by Gasteiger charge is 2.41. The van der Waals surface area contributed by atoms with Gasteiger partial charge in [0.15, 0.2) is 8.07 Å². The Hall–Kier alpha value is -3.88. The minimum Gasteiger partial charge on any atom is -0.355 e. The second kappa shape index (κ2) is 7.91. The lowest BCUT2D eigenvalue weighted by Crippen LogP contribution is -2.74. The van der Waals surface area contributed by atoms with Crippen molar-refractivity contribution in [1.82, 2.24) is 4.98 Å². The number of aromatic nitrogens is 1. The van der Waals surface area contributed by atoms with Gasteiger partial charge >= 0.3 is 0 Å². The van der Waals surface area contributed by atoms with E-state index < -0.39 is 8.07 Å². The van der Waals surface area contributed by atoms with Crippen LogP contribution in [0.5, 0.6) is 0 Å². The highest BCUT2D eigenvalue weighted by molar-refractivity contribution is 7.20. The Morgan fingerprint density at radius 1 is 0.455 bits per heavy atom. The molecule has 0 saturated heterocycles. The van der Waals surface area contributed by atoms with Crippen molar-refractivity contribution in [1.29, 1.82) is 0 Å². The monoisotopic (exact) mass is 439 g/mol. The minimum atomic E-state index is -2.51. The summed E-state index contributed by atoms with van der Waals surface area (Å²) in [5, 5.41) is 8.20. The van der Waals surface area contributed by atoms with Crippen LogP contribution in [0.1, 0.15) is 5.56 Å². The molecular formula is C31H25NSi. The average Bonchev–Trinajstić information content (AvgIpc) is 3.24. The van der Waals surface area contributed by atoms with Crippen LogP contribution >= 0.6 is 0 Å². The summed E-state index contributed by atoms with van der Waals surface area (Å²) in [7, 11) is -2.51. The Kier molecular flexibility index (Phi) is 4.74. The second-order valence-electron chi connectivity index (χ2n) is 8.78. The molecule has 1 heterocycles. The van der Waals surface area contributed by atoms with E-state index in [4.69, 9.17) is 0 Å². The SMILES string of the molecule is Cc1ccc2[nH]c3ccc([Si](c4ccccc4)(c4ccccc4)c4ccccc4)cc3c2c1. The average molecular weight is 440 g/mol. The maximum atomic E-state index is 3.62. The van der Waals surface area contributed by atoms with Crippen LogP contribution in [-0.4, -0.2) is 13.1 Å². The third-order valence-electron chi connectivity index (χ3n) is 6.81. The van der Waals surface area contributed by atoms with Crippen molar-refractivity contribution in [3.8, 4) is 0 Å². The lowest BCUT2D eigenvalue weighted by atomic mass is 10.1. The fraction of sp³-hybridized carbons (Fsp3) is 0.0323. The van der Waals surface area contributed by atoms with Gasteiger partial charge in [0, 0.05) is 21.8 Å². The summed E-state index contributed by atoms with van der Waals surface area (Å²) in [6, 6.07) is 47.0. The molecular weight excluding hydrogens is 414 g/mol. The van der Waals surface area contributed by atoms with Crippen LogP contribution in [0.3, 0.4) is 0 Å². The van der Waals surface area contributed by atoms with Crippen molar-refractivity contribution in [3.05, 3.63) is 133 Å². The van der Waals surface area contributed by atoms with E-state index in [-0.39, 0.29) is 0 Å². The predicted molar refractivity (Wildman–Crippen MR) is 144 cm³/mol. The van der Waals surface area contributed by atoms with Gasteiger partial charge in [-0.3, -0.25) is 0 Å². The molecule has 0 spiro atoms. The molecule has 1 aromatic heterocycles. The molecule has 0 aliphatic rings. The molecule has 1 nitrogen and oxygen atoms in total. The van der Waals surface area contributed by atoms with Gasteiger partial charge in [-0.25, -0.2) is 0 Å². The Bertz CT molecular complexity index is 1450. The highest BCUT2D eigenvalue weighted by atomic mass is 28.3. The molecule has 0 atom stereocenters. The summed E-state index contributed by atoms with van der Waals surface area (Å²) < 4.78 is 0. The number of aryl methyl sites for hydroxylation is 1. The molecule has 158 valence electrons. The van der Waals surface area contributed by atoms with Crippen LogP contribution in [-0.2, 0) is 0 Å². The number of H-pyrrole nitrogens is 1. The predicted octanol–water partition coefficient (Wildman–Crippen LogP) is 5.01. The van der Waals surface area contributed by atoms with E-state index in [1.807, 2.05) is 0 Å². The van der Waals surface area contributed by atoms with Crippen molar-refractivity contribution in [2.24, 2.45) is 0 Å². The minimum absolute atomic E-state index is 1.19. The normalized spacial score (nSPS) is 11.8. The first-order valence-corrected chi connectivity index (χ1v) is 13.5. The van der Waals surface area contributed by atoms with Gasteiger partial charge in [0.2, 0.25) is 0 Å². The van der Waals surface area contributed by atoms with E-state index in [1.54, 1.807) is 0 Å². The number of nitrogens with one attached hydrogen (secondary N) is 1. The van der Waals surface area contributed by atoms with Gasteiger partial charge in [-0.2, -0.15) is 0 Å². The van der Waals surface area contributed by atoms with Crippen LogP contribution in [0, 0.1) is 6.92 Å². The maximum absolute atomic E-state index is 3.62. The Morgan fingerprint density at radius 3 is 1.42 bits per heavy atom. The summed E-state index contributed by atoms with van der Waals surface area (Å²) in [6.45, 7) is 2.17. The molecule has 0 radical (unpaired) electrons. The smallest absolute Gasteiger partial charge is 0.179 e. The molecule has 0 bridgehead atoms. The molecule has 0 amide bonds. The Morgan fingerprint density at radius 2 is 0.909 bits per heavy atom. The standard InChI is InChI=1S/C31H25NSi/c1-23-17-19-30-28(21-23)29-22-27(18-20-31(29)32-30)33(24-11-5-2-6-12-24,25-13-7-3-8-14-25)26-15-9-4-10-16-26/h2-22,32H,1H3. The highest BCUT2D eigenvalue weighted by Crippen LogP contribution is 2.26. The molecule has 2 heteroatoms. The van der Waals surface area contributed by atoms with Gasteiger partial charge in [-0.1, -0.05) is 115 Å². The van der Waals surface area contributed by atoms with Crippen molar-refractivity contribution in [2.45, 2.75) is 6.92 Å². The molecule has 6 rings (SSSR count). The number of hydrogen-bond acceptors (Lipinski definition) is 0. The molecule has 0 saturated carbocycles. The fourth-order valence-corrected chi connectivity index (χ4v) is 10.1. The quantitative estimate of drug-likeness (QED) is 0.294. The topological polar surface area (TPSA) is 15.8 Å². The summed E-state index contributed by atoms with van der Waals surface area (Å²) >= 11 is 0. The van der Waals surface area contributed by atoms with E-state index >= 15 is 0 Å². The number of benzene rings is 5. The molecule has 33 heavy (non-hydrogen) atoms. The molecule has 1 N–H and O–H groups in total. The molecule has 6 aromatic rings. The molecule has 0 aliphatic heterocycles. The van der Waals surface area contributed by atoms with Gasteiger partial charge < -0.3 is 4.98 Å². The summed E-state index contributed by atoms with van der Waals surface area (Å²) in [5.41, 5.74) is 3.67. The van der Waals surface area contributed by atoms with Crippen molar-refractivity contribution in [2.75, 3.05) is 0 Å². The summed E-state index contributed by atoms with van der Waals surface area (Å²) in [5.74, 6) is 0. The Balaban J connectivity index is 1.75. The molecule has 0 fully saturated rings. The van der Waals surface area contributed by atoms with Gasteiger partial charge in [-0.05, 0) is 45.9 Å². The third kappa shape index (κ3) is 3.14. The number of aromatic amines is 1. The molecule has 5 aromatic carbocycles. The fourth-order valence-electron chi connectivity index (χ4n) is 5.31. The van der Waals surface area contributed by atoms with Gasteiger partial charge in [0.05, 0.1) is 0 Å². The zero-order valence-corrected chi connectivity index (χ0v) is 19.6. The third-order valence-corrected chi connectivity index (χ3v) is 11.6. The van der Waals surface area contributed by atoms with Gasteiger partial charge in [-0.15, -0.1) is 0 Å². The van der Waals surface area contributed by atoms with E-state index in [0.29, 0.717) is 0 Å². The van der Waals surface area contributed by atoms with E-state index in [1.165, 1.54) is 48.1 Å². The largest absolute Gasteiger partial charge is 0.355 e.